The lowest BCUT2D eigenvalue weighted by Gasteiger charge is -2.29. The Morgan fingerprint density at radius 3 is 2.37 bits per heavy atom. The first-order valence-electron chi connectivity index (χ1n) is 9.78. The number of rotatable bonds is 5. The Labute approximate surface area is 167 Å². The molecule has 2 aromatic rings. The SMILES string of the molecule is CCC1CCC(Oc2ccc3cc(C(Br)CC)ccc3c2C(F)(F)F)CC1. The van der Waals surface area contributed by atoms with Gasteiger partial charge in [0.2, 0.25) is 0 Å². The number of halogens is 4. The van der Waals surface area contributed by atoms with Crippen LogP contribution in [0.25, 0.3) is 10.8 Å². The summed E-state index contributed by atoms with van der Waals surface area (Å²) in [5.74, 6) is 0.645. The fourth-order valence-electron chi connectivity index (χ4n) is 3.99. The molecule has 0 bridgehead atoms. The Balaban J connectivity index is 1.95. The highest BCUT2D eigenvalue weighted by atomic mass is 79.9. The summed E-state index contributed by atoms with van der Waals surface area (Å²) >= 11 is 3.57. The van der Waals surface area contributed by atoms with Gasteiger partial charge in [-0.05, 0) is 60.4 Å². The molecule has 2 aromatic carbocycles. The average molecular weight is 443 g/mol. The summed E-state index contributed by atoms with van der Waals surface area (Å²) in [5, 5.41) is 0.807. The maximum absolute atomic E-state index is 13.9. The summed E-state index contributed by atoms with van der Waals surface area (Å²) in [6.45, 7) is 4.20. The Kier molecular flexibility index (Phi) is 6.39. The standard InChI is InChI=1S/C22H26BrF3O/c1-3-14-5-9-17(10-6-14)27-20-12-8-15-13-16(19(23)4-2)7-11-18(15)21(20)22(24,25)26/h7-8,11-14,17,19H,3-6,9-10H2,1-2H3. The molecule has 0 spiro atoms. The molecule has 1 saturated carbocycles. The van der Waals surface area contributed by atoms with E-state index in [1.807, 2.05) is 13.0 Å². The third-order valence-electron chi connectivity index (χ3n) is 5.67. The van der Waals surface area contributed by atoms with Gasteiger partial charge in [-0.15, -0.1) is 0 Å². The van der Waals surface area contributed by atoms with Gasteiger partial charge in [-0.25, -0.2) is 0 Å². The minimum atomic E-state index is -4.45. The van der Waals surface area contributed by atoms with Crippen LogP contribution in [0.1, 0.15) is 68.3 Å². The highest BCUT2D eigenvalue weighted by Crippen LogP contribution is 2.43. The molecule has 0 N–H and O–H groups in total. The average Bonchev–Trinajstić information content (AvgIpc) is 2.66. The second-order valence-corrected chi connectivity index (χ2v) is 8.57. The minimum Gasteiger partial charge on any atom is -0.490 e. The van der Waals surface area contributed by atoms with E-state index in [-0.39, 0.29) is 22.1 Å². The molecule has 0 amide bonds. The summed E-state index contributed by atoms with van der Waals surface area (Å²) in [7, 11) is 0. The van der Waals surface area contributed by atoms with Gasteiger partial charge in [-0.3, -0.25) is 0 Å². The second kappa shape index (κ2) is 8.42. The first-order chi connectivity index (χ1) is 12.8. The molecule has 1 atom stereocenters. The van der Waals surface area contributed by atoms with Crippen molar-refractivity contribution in [1.29, 1.82) is 0 Å². The summed E-state index contributed by atoms with van der Waals surface area (Å²) in [4.78, 5) is 0.140. The van der Waals surface area contributed by atoms with Gasteiger partial charge < -0.3 is 4.74 Å². The van der Waals surface area contributed by atoms with Crippen molar-refractivity contribution in [2.24, 2.45) is 5.92 Å². The van der Waals surface area contributed by atoms with E-state index in [4.69, 9.17) is 4.74 Å². The van der Waals surface area contributed by atoms with Gasteiger partial charge in [0.05, 0.1) is 6.10 Å². The number of hydrogen-bond acceptors (Lipinski definition) is 1. The van der Waals surface area contributed by atoms with Crippen molar-refractivity contribution >= 4 is 26.7 Å². The van der Waals surface area contributed by atoms with Gasteiger partial charge in [0.1, 0.15) is 11.3 Å². The van der Waals surface area contributed by atoms with Crippen LogP contribution in [-0.4, -0.2) is 6.10 Å². The first kappa shape index (κ1) is 20.5. The van der Waals surface area contributed by atoms with Gasteiger partial charge in [0, 0.05) is 4.83 Å². The van der Waals surface area contributed by atoms with Gasteiger partial charge in [0.25, 0.3) is 0 Å². The van der Waals surface area contributed by atoms with E-state index < -0.39 is 11.7 Å². The molecular formula is C22H26BrF3O. The monoisotopic (exact) mass is 442 g/mol. The molecule has 0 aliphatic heterocycles. The van der Waals surface area contributed by atoms with Crippen molar-refractivity contribution in [2.75, 3.05) is 0 Å². The predicted octanol–water partition coefficient (Wildman–Crippen LogP) is 8.05. The topological polar surface area (TPSA) is 9.23 Å². The minimum absolute atomic E-state index is 0.0337. The van der Waals surface area contributed by atoms with Crippen LogP contribution in [-0.2, 0) is 6.18 Å². The van der Waals surface area contributed by atoms with Crippen LogP contribution < -0.4 is 4.74 Å². The number of ether oxygens (including phenoxy) is 1. The van der Waals surface area contributed by atoms with Crippen LogP contribution in [0.15, 0.2) is 30.3 Å². The molecule has 0 heterocycles. The summed E-state index contributed by atoms with van der Waals surface area (Å²) in [6, 6.07) is 8.44. The maximum Gasteiger partial charge on any atom is 0.420 e. The normalized spacial score (nSPS) is 22.0. The number of hydrogen-bond donors (Lipinski definition) is 0. The van der Waals surface area contributed by atoms with E-state index in [9.17, 15) is 13.2 Å². The highest BCUT2D eigenvalue weighted by Gasteiger charge is 2.37. The quantitative estimate of drug-likeness (QED) is 0.425. The van der Waals surface area contributed by atoms with E-state index >= 15 is 0 Å². The lowest BCUT2D eigenvalue weighted by molar-refractivity contribution is -0.138. The fraction of sp³-hybridized carbons (Fsp3) is 0.545. The number of benzene rings is 2. The molecule has 0 saturated heterocycles. The molecule has 1 aliphatic rings. The molecule has 0 aromatic heterocycles. The molecule has 5 heteroatoms. The molecule has 27 heavy (non-hydrogen) atoms. The van der Waals surface area contributed by atoms with Crippen molar-refractivity contribution in [3.05, 3.63) is 41.5 Å². The number of fused-ring (bicyclic) bond motifs is 1. The maximum atomic E-state index is 13.9. The van der Waals surface area contributed by atoms with Crippen LogP contribution in [0, 0.1) is 5.92 Å². The number of alkyl halides is 4. The zero-order valence-corrected chi connectivity index (χ0v) is 17.4. The lowest BCUT2D eigenvalue weighted by Crippen LogP contribution is -2.25. The van der Waals surface area contributed by atoms with Crippen molar-refractivity contribution in [3.63, 3.8) is 0 Å². The Morgan fingerprint density at radius 2 is 1.78 bits per heavy atom. The molecule has 1 unspecified atom stereocenters. The van der Waals surface area contributed by atoms with Gasteiger partial charge >= 0.3 is 6.18 Å². The van der Waals surface area contributed by atoms with E-state index in [2.05, 4.69) is 22.9 Å². The molecular weight excluding hydrogens is 417 g/mol. The van der Waals surface area contributed by atoms with Gasteiger partial charge in [-0.2, -0.15) is 13.2 Å². The van der Waals surface area contributed by atoms with Crippen molar-refractivity contribution in [1.82, 2.24) is 0 Å². The summed E-state index contributed by atoms with van der Waals surface area (Å²) in [6.07, 6.45) is 1.15. The molecule has 0 radical (unpaired) electrons. The van der Waals surface area contributed by atoms with E-state index in [0.717, 1.165) is 44.1 Å². The highest BCUT2D eigenvalue weighted by molar-refractivity contribution is 9.09. The van der Waals surface area contributed by atoms with Crippen LogP contribution in [0.2, 0.25) is 0 Å². The van der Waals surface area contributed by atoms with Crippen molar-refractivity contribution < 1.29 is 17.9 Å². The zero-order valence-electron chi connectivity index (χ0n) is 15.8. The molecule has 1 fully saturated rings. The Morgan fingerprint density at radius 1 is 1.07 bits per heavy atom. The second-order valence-electron chi connectivity index (χ2n) is 7.46. The first-order valence-corrected chi connectivity index (χ1v) is 10.7. The Bertz CT molecular complexity index is 779. The fourth-order valence-corrected chi connectivity index (χ4v) is 4.27. The van der Waals surface area contributed by atoms with Crippen molar-refractivity contribution in [2.45, 2.75) is 69.5 Å². The molecule has 3 rings (SSSR count). The van der Waals surface area contributed by atoms with Crippen LogP contribution in [0.4, 0.5) is 13.2 Å². The molecule has 1 aliphatic carbocycles. The summed E-state index contributed by atoms with van der Waals surface area (Å²) < 4.78 is 47.5. The van der Waals surface area contributed by atoms with Crippen LogP contribution in [0.3, 0.4) is 0 Å². The largest absolute Gasteiger partial charge is 0.490 e. The molecule has 148 valence electrons. The molecule has 1 nitrogen and oxygen atoms in total. The third kappa shape index (κ3) is 4.61. The van der Waals surface area contributed by atoms with Gasteiger partial charge in [0.15, 0.2) is 0 Å². The lowest BCUT2D eigenvalue weighted by atomic mass is 9.86. The van der Waals surface area contributed by atoms with E-state index in [1.165, 1.54) is 6.07 Å². The van der Waals surface area contributed by atoms with Crippen LogP contribution >= 0.6 is 15.9 Å². The smallest absolute Gasteiger partial charge is 0.420 e. The van der Waals surface area contributed by atoms with E-state index in [0.29, 0.717) is 11.3 Å². The summed E-state index contributed by atoms with van der Waals surface area (Å²) in [5.41, 5.74) is 0.344. The van der Waals surface area contributed by atoms with E-state index in [1.54, 1.807) is 18.2 Å². The predicted molar refractivity (Wildman–Crippen MR) is 108 cm³/mol. The van der Waals surface area contributed by atoms with Crippen molar-refractivity contribution in [3.8, 4) is 5.75 Å². The Hall–Kier alpha value is -1.23. The zero-order chi connectivity index (χ0) is 19.6. The van der Waals surface area contributed by atoms with Gasteiger partial charge in [-0.1, -0.05) is 60.5 Å². The van der Waals surface area contributed by atoms with Crippen LogP contribution in [0.5, 0.6) is 5.75 Å². The third-order valence-corrected chi connectivity index (χ3v) is 6.85.